The van der Waals surface area contributed by atoms with Gasteiger partial charge >= 0.3 is 6.18 Å². The van der Waals surface area contributed by atoms with Gasteiger partial charge in [0.2, 0.25) is 0 Å². The van der Waals surface area contributed by atoms with Gasteiger partial charge in [-0.3, -0.25) is 4.90 Å². The first kappa shape index (κ1) is 30.8. The van der Waals surface area contributed by atoms with E-state index in [0.29, 0.717) is 35.3 Å². The second-order valence-electron chi connectivity index (χ2n) is 12.6. The summed E-state index contributed by atoms with van der Waals surface area (Å²) in [5, 5.41) is 3.42. The number of halogens is 5. The molecule has 3 aromatic rings. The van der Waals surface area contributed by atoms with E-state index in [1.807, 2.05) is 30.3 Å². The monoisotopic (exact) mass is 614 g/mol. The second kappa shape index (κ2) is 13.1. The normalized spacial score (nSPS) is 22.3. The van der Waals surface area contributed by atoms with Crippen LogP contribution in [0.3, 0.4) is 0 Å². The highest BCUT2D eigenvalue weighted by Crippen LogP contribution is 2.44. The minimum Gasteiger partial charge on any atom is -0.490 e. The Morgan fingerprint density at radius 2 is 1.61 bits per heavy atom. The fourth-order valence-electron chi connectivity index (χ4n) is 7.32. The fourth-order valence-corrected chi connectivity index (χ4v) is 7.32. The Morgan fingerprint density at radius 1 is 0.864 bits per heavy atom. The number of benzene rings is 3. The fraction of sp³-hybridized carbons (Fsp3) is 0.486. The van der Waals surface area contributed by atoms with Gasteiger partial charge in [-0.2, -0.15) is 13.2 Å². The Kier molecular flexibility index (Phi) is 9.15. The third-order valence-electron chi connectivity index (χ3n) is 9.60. The van der Waals surface area contributed by atoms with E-state index in [4.69, 9.17) is 9.47 Å². The first-order chi connectivity index (χ1) is 21.2. The quantitative estimate of drug-likeness (QED) is 0.273. The van der Waals surface area contributed by atoms with E-state index >= 15 is 8.78 Å². The molecule has 4 nitrogen and oxygen atoms in total. The average Bonchev–Trinajstić information content (AvgIpc) is 3.18. The molecule has 1 aliphatic carbocycles. The largest absolute Gasteiger partial charge is 0.490 e. The van der Waals surface area contributed by atoms with Crippen LogP contribution in [0.1, 0.15) is 73.2 Å². The van der Waals surface area contributed by atoms with Gasteiger partial charge in [0.1, 0.15) is 29.7 Å². The minimum atomic E-state index is -4.53. The number of rotatable bonds is 7. The van der Waals surface area contributed by atoms with Crippen LogP contribution in [0.5, 0.6) is 11.5 Å². The number of hydrogen-bond donors (Lipinski definition) is 1. The number of nitrogens with zero attached hydrogens (tertiary/aromatic N) is 1. The number of nitrogens with one attached hydrogen (secondary N) is 1. The van der Waals surface area contributed by atoms with Crippen LogP contribution in [-0.4, -0.2) is 43.4 Å². The zero-order valence-corrected chi connectivity index (χ0v) is 24.8. The lowest BCUT2D eigenvalue weighted by Gasteiger charge is -2.38. The summed E-state index contributed by atoms with van der Waals surface area (Å²) in [6.45, 7) is 1.07. The highest BCUT2D eigenvalue weighted by atomic mass is 19.4. The van der Waals surface area contributed by atoms with Gasteiger partial charge in [0.05, 0.1) is 18.7 Å². The molecule has 2 aliphatic heterocycles. The van der Waals surface area contributed by atoms with Crippen molar-refractivity contribution in [3.8, 4) is 11.5 Å². The third kappa shape index (κ3) is 7.20. The predicted molar refractivity (Wildman–Crippen MR) is 159 cm³/mol. The van der Waals surface area contributed by atoms with Gasteiger partial charge in [-0.1, -0.05) is 36.4 Å². The van der Waals surface area contributed by atoms with E-state index in [1.165, 1.54) is 0 Å². The van der Waals surface area contributed by atoms with E-state index in [-0.39, 0.29) is 18.4 Å². The maximum absolute atomic E-state index is 15.8. The number of ether oxygens (including phenoxy) is 2. The summed E-state index contributed by atoms with van der Waals surface area (Å²) in [5.74, 6) is -1.18. The second-order valence-corrected chi connectivity index (χ2v) is 12.6. The number of fused-ring (bicyclic) bond motifs is 1. The van der Waals surface area contributed by atoms with Crippen molar-refractivity contribution >= 4 is 0 Å². The summed E-state index contributed by atoms with van der Waals surface area (Å²) >= 11 is 0. The molecule has 2 heterocycles. The zero-order valence-electron chi connectivity index (χ0n) is 24.8. The van der Waals surface area contributed by atoms with Gasteiger partial charge in [-0.15, -0.1) is 0 Å². The molecule has 0 bridgehead atoms. The van der Waals surface area contributed by atoms with Crippen molar-refractivity contribution in [1.29, 1.82) is 0 Å². The SMILES string of the molecule is Fc1cc(OC2CCCC3(CCNCC3)CC2)cc(F)c1C1c2ccc(OCc3ccccc3)cc2CCN1CC(F)(F)F. The lowest BCUT2D eigenvalue weighted by Crippen LogP contribution is -2.42. The molecule has 3 aliphatic rings. The molecule has 236 valence electrons. The van der Waals surface area contributed by atoms with E-state index in [1.54, 1.807) is 18.2 Å². The Hall–Kier alpha value is -3.17. The van der Waals surface area contributed by atoms with Gasteiger partial charge in [-0.25, -0.2) is 8.78 Å². The standard InChI is InChI=1S/C35H39F5N2O2/c36-30-20-28(44-26-7-4-12-34(13-10-26)14-16-41-17-15-34)21-31(37)32(30)33-29-9-8-27(43-22-24-5-2-1-3-6-24)19-25(29)11-18-42(33)23-35(38,39)40/h1-3,5-6,8-9,19-21,26,33,41H,4,7,10-18,22-23H2. The Labute approximate surface area is 255 Å². The highest BCUT2D eigenvalue weighted by molar-refractivity contribution is 5.46. The Morgan fingerprint density at radius 3 is 2.34 bits per heavy atom. The molecule has 9 heteroatoms. The van der Waals surface area contributed by atoms with Gasteiger partial charge in [0, 0.05) is 24.2 Å². The molecular weight excluding hydrogens is 575 g/mol. The highest BCUT2D eigenvalue weighted by Gasteiger charge is 2.40. The number of piperidine rings is 1. The van der Waals surface area contributed by atoms with E-state index in [2.05, 4.69) is 5.32 Å². The summed E-state index contributed by atoms with van der Waals surface area (Å²) in [5.41, 5.74) is 2.04. The van der Waals surface area contributed by atoms with Crippen molar-refractivity contribution in [2.24, 2.45) is 5.41 Å². The van der Waals surface area contributed by atoms with E-state index < -0.39 is 36.0 Å². The maximum Gasteiger partial charge on any atom is 0.401 e. The van der Waals surface area contributed by atoms with Crippen LogP contribution in [0.25, 0.3) is 0 Å². The zero-order chi connectivity index (χ0) is 30.7. The van der Waals surface area contributed by atoms with Crippen molar-refractivity contribution in [1.82, 2.24) is 10.2 Å². The number of hydrogen-bond acceptors (Lipinski definition) is 4. The maximum atomic E-state index is 15.8. The predicted octanol–water partition coefficient (Wildman–Crippen LogP) is 8.13. The smallest absolute Gasteiger partial charge is 0.401 e. The lowest BCUT2D eigenvalue weighted by molar-refractivity contribution is -0.150. The van der Waals surface area contributed by atoms with Crippen LogP contribution in [0.4, 0.5) is 22.0 Å². The molecular formula is C35H39F5N2O2. The third-order valence-corrected chi connectivity index (χ3v) is 9.60. The van der Waals surface area contributed by atoms with E-state index in [0.717, 1.165) is 80.6 Å². The molecule has 6 rings (SSSR count). The van der Waals surface area contributed by atoms with Crippen LogP contribution < -0.4 is 14.8 Å². The van der Waals surface area contributed by atoms with Crippen LogP contribution in [0, 0.1) is 17.0 Å². The molecule has 2 atom stereocenters. The molecule has 1 saturated carbocycles. The average molecular weight is 615 g/mol. The van der Waals surface area contributed by atoms with Crippen molar-refractivity contribution < 1.29 is 31.4 Å². The van der Waals surface area contributed by atoms with Crippen LogP contribution in [0.15, 0.2) is 60.7 Å². The Balaban J connectivity index is 1.24. The lowest BCUT2D eigenvalue weighted by atomic mass is 9.73. The topological polar surface area (TPSA) is 33.7 Å². The molecule has 2 fully saturated rings. The van der Waals surface area contributed by atoms with Gasteiger partial charge < -0.3 is 14.8 Å². The molecule has 44 heavy (non-hydrogen) atoms. The van der Waals surface area contributed by atoms with Crippen molar-refractivity contribution in [2.45, 2.75) is 76.3 Å². The molecule has 0 aromatic heterocycles. The summed E-state index contributed by atoms with van der Waals surface area (Å²) in [4.78, 5) is 1.11. The summed E-state index contributed by atoms with van der Waals surface area (Å²) < 4.78 is 84.7. The van der Waals surface area contributed by atoms with E-state index in [9.17, 15) is 13.2 Å². The van der Waals surface area contributed by atoms with Gasteiger partial charge in [0.25, 0.3) is 0 Å². The molecule has 2 unspecified atom stereocenters. The molecule has 1 N–H and O–H groups in total. The van der Waals surface area contributed by atoms with Gasteiger partial charge in [0.15, 0.2) is 0 Å². The van der Waals surface area contributed by atoms with Crippen molar-refractivity contribution in [3.05, 3.63) is 94.6 Å². The summed E-state index contributed by atoms with van der Waals surface area (Å²) in [7, 11) is 0. The minimum absolute atomic E-state index is 0.00418. The molecule has 3 aromatic carbocycles. The molecule has 1 saturated heterocycles. The molecule has 1 spiro atoms. The number of alkyl halides is 3. The van der Waals surface area contributed by atoms with Crippen LogP contribution in [0.2, 0.25) is 0 Å². The summed E-state index contributed by atoms with van der Waals surface area (Å²) in [6, 6.07) is 15.7. The Bertz CT molecular complexity index is 1400. The molecule has 0 radical (unpaired) electrons. The van der Waals surface area contributed by atoms with Crippen LogP contribution in [-0.2, 0) is 13.0 Å². The first-order valence-electron chi connectivity index (χ1n) is 15.6. The van der Waals surface area contributed by atoms with Gasteiger partial charge in [-0.05, 0) is 98.7 Å². The molecule has 0 amide bonds. The first-order valence-corrected chi connectivity index (χ1v) is 15.6. The van der Waals surface area contributed by atoms with Crippen LogP contribution >= 0.6 is 0 Å². The van der Waals surface area contributed by atoms with Crippen molar-refractivity contribution in [2.75, 3.05) is 26.2 Å². The van der Waals surface area contributed by atoms with Crippen molar-refractivity contribution in [3.63, 3.8) is 0 Å². The summed E-state index contributed by atoms with van der Waals surface area (Å²) in [6.07, 6.45) is 2.65.